The summed E-state index contributed by atoms with van der Waals surface area (Å²) in [7, 11) is 0. The third-order valence-electron chi connectivity index (χ3n) is 3.86. The Kier molecular flexibility index (Phi) is 14.4. The van der Waals surface area contributed by atoms with Crippen LogP contribution in [0.4, 0.5) is 5.69 Å². The van der Waals surface area contributed by atoms with Crippen LogP contribution in [0.25, 0.3) is 5.57 Å². The van der Waals surface area contributed by atoms with Gasteiger partial charge in [-0.05, 0) is 72.2 Å². The van der Waals surface area contributed by atoms with Gasteiger partial charge in [0.15, 0.2) is 0 Å². The largest absolute Gasteiger partial charge is 0.494 e. The lowest BCUT2D eigenvalue weighted by atomic mass is 9.91. The minimum Gasteiger partial charge on any atom is -0.494 e. The standard InChI is InChI=1S/C14H19NO.3C4H6O2/c1-5-16-11-6-7-13-12(8-11)10(2)9-14(3,4)15-13;3*1-3(2)4(5)6/h6-9,15H,5H2,1-4H3;3*1H2,2H3,(H,5,6). The van der Waals surface area contributed by atoms with Crippen LogP contribution in [-0.2, 0) is 14.4 Å². The predicted octanol–water partition coefficient (Wildman–Crippen LogP) is 5.63. The number of hydrogen-bond donors (Lipinski definition) is 4. The highest BCUT2D eigenvalue weighted by Gasteiger charge is 2.22. The molecule has 1 aromatic rings. The van der Waals surface area contributed by atoms with Crippen LogP contribution in [0.2, 0.25) is 0 Å². The highest BCUT2D eigenvalue weighted by molar-refractivity contribution is 5.85. The summed E-state index contributed by atoms with van der Waals surface area (Å²) >= 11 is 0. The molecule has 34 heavy (non-hydrogen) atoms. The fourth-order valence-electron chi connectivity index (χ4n) is 2.22. The molecule has 1 heterocycles. The summed E-state index contributed by atoms with van der Waals surface area (Å²) in [6, 6.07) is 6.22. The minimum atomic E-state index is -0.935. The number of fused-ring (bicyclic) bond motifs is 1. The van der Waals surface area contributed by atoms with Crippen molar-refractivity contribution >= 4 is 29.2 Å². The van der Waals surface area contributed by atoms with Crippen molar-refractivity contribution in [3.8, 4) is 5.75 Å². The van der Waals surface area contributed by atoms with Crippen molar-refractivity contribution in [2.75, 3.05) is 11.9 Å². The van der Waals surface area contributed by atoms with E-state index in [1.807, 2.05) is 13.0 Å². The number of carboxylic acids is 3. The van der Waals surface area contributed by atoms with Gasteiger partial charge in [0.25, 0.3) is 0 Å². The van der Waals surface area contributed by atoms with Gasteiger partial charge in [-0.2, -0.15) is 0 Å². The molecule has 0 atom stereocenters. The van der Waals surface area contributed by atoms with Crippen molar-refractivity contribution < 1.29 is 34.4 Å². The molecule has 8 heteroatoms. The lowest BCUT2D eigenvalue weighted by Crippen LogP contribution is -2.31. The van der Waals surface area contributed by atoms with Crippen LogP contribution in [0.1, 0.15) is 54.0 Å². The number of nitrogens with one attached hydrogen (secondary N) is 1. The Morgan fingerprint density at radius 1 is 0.912 bits per heavy atom. The average Bonchev–Trinajstić information content (AvgIpc) is 2.69. The predicted molar refractivity (Wildman–Crippen MR) is 136 cm³/mol. The fourth-order valence-corrected chi connectivity index (χ4v) is 2.22. The number of anilines is 1. The average molecular weight is 476 g/mol. The number of hydrogen-bond acceptors (Lipinski definition) is 5. The van der Waals surface area contributed by atoms with Crippen molar-refractivity contribution in [3.63, 3.8) is 0 Å². The van der Waals surface area contributed by atoms with Gasteiger partial charge in [-0.15, -0.1) is 0 Å². The van der Waals surface area contributed by atoms with Crippen LogP contribution in [0.5, 0.6) is 5.75 Å². The molecule has 0 radical (unpaired) electrons. The lowest BCUT2D eigenvalue weighted by Gasteiger charge is -2.31. The molecule has 2 rings (SSSR count). The highest BCUT2D eigenvalue weighted by Crippen LogP contribution is 2.35. The summed E-state index contributed by atoms with van der Waals surface area (Å²) in [6.07, 6.45) is 2.26. The van der Waals surface area contributed by atoms with Gasteiger partial charge >= 0.3 is 17.9 Å². The molecule has 8 nitrogen and oxygen atoms in total. The van der Waals surface area contributed by atoms with Crippen molar-refractivity contribution in [1.82, 2.24) is 0 Å². The zero-order valence-corrected chi connectivity index (χ0v) is 21.1. The van der Waals surface area contributed by atoms with E-state index in [1.54, 1.807) is 0 Å². The molecule has 0 bridgehead atoms. The molecule has 1 aliphatic rings. The number of carboxylic acid groups (broad SMARTS) is 3. The van der Waals surface area contributed by atoms with E-state index in [1.165, 1.54) is 37.6 Å². The number of benzene rings is 1. The molecular formula is C26H37NO7. The van der Waals surface area contributed by atoms with Gasteiger partial charge in [0.1, 0.15) is 5.75 Å². The van der Waals surface area contributed by atoms with Crippen LogP contribution in [0.15, 0.2) is 60.7 Å². The molecule has 0 saturated carbocycles. The Labute approximate surface area is 202 Å². The molecule has 0 unspecified atom stereocenters. The van der Waals surface area contributed by atoms with Crippen LogP contribution in [-0.4, -0.2) is 45.4 Å². The molecule has 1 aliphatic heterocycles. The summed E-state index contributed by atoms with van der Waals surface area (Å²) in [6.45, 7) is 23.0. The second-order valence-corrected chi connectivity index (χ2v) is 8.07. The van der Waals surface area contributed by atoms with Gasteiger partial charge in [-0.25, -0.2) is 14.4 Å². The topological polar surface area (TPSA) is 133 Å². The Morgan fingerprint density at radius 3 is 1.62 bits per heavy atom. The van der Waals surface area contributed by atoms with Crippen LogP contribution < -0.4 is 10.1 Å². The van der Waals surface area contributed by atoms with Gasteiger partial charge in [0.2, 0.25) is 0 Å². The van der Waals surface area contributed by atoms with E-state index in [2.05, 4.69) is 64.0 Å². The van der Waals surface area contributed by atoms with Crippen LogP contribution >= 0.6 is 0 Å². The first-order chi connectivity index (χ1) is 15.4. The molecular weight excluding hydrogens is 438 g/mol. The number of allylic oxidation sites excluding steroid dienone is 1. The first-order valence-electron chi connectivity index (χ1n) is 10.4. The third-order valence-corrected chi connectivity index (χ3v) is 3.86. The summed E-state index contributed by atoms with van der Waals surface area (Å²) < 4.78 is 5.52. The number of aliphatic carboxylic acids is 3. The van der Waals surface area contributed by atoms with E-state index in [9.17, 15) is 14.4 Å². The number of carbonyl (C=O) groups is 3. The molecule has 0 fully saturated rings. The van der Waals surface area contributed by atoms with Gasteiger partial charge in [0.05, 0.1) is 12.1 Å². The normalized spacial score (nSPS) is 12.0. The SMILES string of the molecule is C=C(C)C(=O)O.C=C(C)C(=O)O.C=C(C)C(=O)O.CCOc1ccc2c(c1)C(C)=CC(C)(C)N2. The van der Waals surface area contributed by atoms with E-state index in [0.717, 1.165) is 5.75 Å². The van der Waals surface area contributed by atoms with E-state index in [-0.39, 0.29) is 22.3 Å². The Bertz CT molecular complexity index is 863. The highest BCUT2D eigenvalue weighted by atomic mass is 16.5. The maximum atomic E-state index is 9.60. The van der Waals surface area contributed by atoms with Crippen molar-refractivity contribution in [2.24, 2.45) is 0 Å². The van der Waals surface area contributed by atoms with E-state index in [4.69, 9.17) is 20.1 Å². The van der Waals surface area contributed by atoms with Gasteiger partial charge < -0.3 is 25.4 Å². The molecule has 0 spiro atoms. The third kappa shape index (κ3) is 14.3. The minimum absolute atomic E-state index is 0.0320. The second-order valence-electron chi connectivity index (χ2n) is 8.07. The maximum Gasteiger partial charge on any atom is 0.330 e. The first-order valence-corrected chi connectivity index (χ1v) is 10.4. The maximum absolute atomic E-state index is 9.60. The summed E-state index contributed by atoms with van der Waals surface area (Å²) in [4.78, 5) is 28.8. The second kappa shape index (κ2) is 15.1. The van der Waals surface area contributed by atoms with Gasteiger partial charge in [-0.1, -0.05) is 25.8 Å². The molecule has 0 amide bonds. The van der Waals surface area contributed by atoms with E-state index >= 15 is 0 Å². The fraction of sp³-hybridized carbons (Fsp3) is 0.346. The zero-order chi connectivity index (χ0) is 27.2. The summed E-state index contributed by atoms with van der Waals surface area (Å²) in [5, 5.41) is 27.2. The molecule has 188 valence electrons. The summed E-state index contributed by atoms with van der Waals surface area (Å²) in [5.41, 5.74) is 4.29. The van der Waals surface area contributed by atoms with E-state index < -0.39 is 17.9 Å². The zero-order valence-electron chi connectivity index (χ0n) is 21.1. The molecule has 1 aromatic carbocycles. The number of ether oxygens (including phenoxy) is 1. The van der Waals surface area contributed by atoms with Gasteiger partial charge in [-0.3, -0.25) is 0 Å². The van der Waals surface area contributed by atoms with Crippen LogP contribution in [0, 0.1) is 0 Å². The molecule has 0 saturated heterocycles. The Hall–Kier alpha value is -3.81. The van der Waals surface area contributed by atoms with Crippen molar-refractivity contribution in [3.05, 3.63) is 66.3 Å². The molecule has 0 aromatic heterocycles. The smallest absolute Gasteiger partial charge is 0.330 e. The van der Waals surface area contributed by atoms with Crippen molar-refractivity contribution in [1.29, 1.82) is 0 Å². The van der Waals surface area contributed by atoms with Gasteiger partial charge in [0, 0.05) is 28.0 Å². The molecule has 0 aliphatic carbocycles. The molecule has 4 N–H and O–H groups in total. The van der Waals surface area contributed by atoms with E-state index in [0.29, 0.717) is 6.61 Å². The monoisotopic (exact) mass is 475 g/mol. The first kappa shape index (κ1) is 32.4. The Morgan fingerprint density at radius 2 is 1.29 bits per heavy atom. The Balaban J connectivity index is 0. The number of rotatable bonds is 5. The quantitative estimate of drug-likeness (QED) is 0.402. The summed E-state index contributed by atoms with van der Waals surface area (Å²) in [5.74, 6) is -1.87. The van der Waals surface area contributed by atoms with Crippen LogP contribution in [0.3, 0.4) is 0 Å². The van der Waals surface area contributed by atoms with Crippen molar-refractivity contribution in [2.45, 2.75) is 54.0 Å². The lowest BCUT2D eigenvalue weighted by molar-refractivity contribution is -0.133.